The molecule has 2 heterocycles. The van der Waals surface area contributed by atoms with Gasteiger partial charge in [-0.3, -0.25) is 4.90 Å². The molecule has 0 unspecified atom stereocenters. The zero-order valence-corrected chi connectivity index (χ0v) is 13.9. The van der Waals surface area contributed by atoms with Crippen molar-refractivity contribution in [1.29, 1.82) is 0 Å². The SMILES string of the molecule is Cc1cc(CN2CCN(S(=O)(=O)c3ccc(F)c(F)c3)CC2)on1. The van der Waals surface area contributed by atoms with E-state index in [1.807, 2.05) is 13.0 Å². The maximum absolute atomic E-state index is 13.3. The lowest BCUT2D eigenvalue weighted by atomic mass is 10.3. The van der Waals surface area contributed by atoms with Crippen molar-refractivity contribution in [1.82, 2.24) is 14.4 Å². The first-order valence-electron chi connectivity index (χ1n) is 7.46. The molecule has 0 N–H and O–H groups in total. The van der Waals surface area contributed by atoms with E-state index in [0.29, 0.717) is 25.7 Å². The van der Waals surface area contributed by atoms with Crippen LogP contribution in [0.4, 0.5) is 8.78 Å². The molecule has 9 heteroatoms. The molecule has 0 aliphatic carbocycles. The van der Waals surface area contributed by atoms with Crippen molar-refractivity contribution >= 4 is 10.0 Å². The standard InChI is InChI=1S/C15H17F2N3O3S/c1-11-8-12(23-18-11)10-19-4-6-20(7-5-19)24(21,22)13-2-3-14(16)15(17)9-13/h2-3,8-9H,4-7,10H2,1H3. The van der Waals surface area contributed by atoms with Crippen molar-refractivity contribution in [3.05, 3.63) is 47.4 Å². The van der Waals surface area contributed by atoms with Crippen LogP contribution in [0.25, 0.3) is 0 Å². The van der Waals surface area contributed by atoms with Gasteiger partial charge in [-0.25, -0.2) is 17.2 Å². The van der Waals surface area contributed by atoms with Gasteiger partial charge < -0.3 is 4.52 Å². The molecule has 1 fully saturated rings. The largest absolute Gasteiger partial charge is 0.360 e. The zero-order valence-electron chi connectivity index (χ0n) is 13.1. The first-order valence-corrected chi connectivity index (χ1v) is 8.90. The monoisotopic (exact) mass is 357 g/mol. The van der Waals surface area contributed by atoms with E-state index in [4.69, 9.17) is 4.52 Å². The highest BCUT2D eigenvalue weighted by molar-refractivity contribution is 7.89. The quantitative estimate of drug-likeness (QED) is 0.834. The topological polar surface area (TPSA) is 66.7 Å². The molecule has 2 aromatic rings. The van der Waals surface area contributed by atoms with Gasteiger partial charge in [-0.05, 0) is 25.1 Å². The summed E-state index contributed by atoms with van der Waals surface area (Å²) in [6.45, 7) is 3.97. The molecule has 1 aliphatic rings. The van der Waals surface area contributed by atoms with E-state index in [-0.39, 0.29) is 18.0 Å². The van der Waals surface area contributed by atoms with E-state index >= 15 is 0 Å². The van der Waals surface area contributed by atoms with Crippen molar-refractivity contribution in [2.75, 3.05) is 26.2 Å². The number of piperazine rings is 1. The molecule has 6 nitrogen and oxygen atoms in total. The van der Waals surface area contributed by atoms with Gasteiger partial charge in [0, 0.05) is 32.2 Å². The molecule has 1 aromatic heterocycles. The van der Waals surface area contributed by atoms with Crippen LogP contribution < -0.4 is 0 Å². The van der Waals surface area contributed by atoms with E-state index in [0.717, 1.165) is 23.6 Å². The minimum Gasteiger partial charge on any atom is -0.360 e. The Morgan fingerprint density at radius 3 is 2.42 bits per heavy atom. The van der Waals surface area contributed by atoms with E-state index < -0.39 is 21.7 Å². The molecule has 130 valence electrons. The van der Waals surface area contributed by atoms with Crippen LogP contribution in [-0.2, 0) is 16.6 Å². The van der Waals surface area contributed by atoms with E-state index in [9.17, 15) is 17.2 Å². The molecule has 0 spiro atoms. The Balaban J connectivity index is 1.65. The van der Waals surface area contributed by atoms with Gasteiger partial charge >= 0.3 is 0 Å². The van der Waals surface area contributed by atoms with Gasteiger partial charge in [0.05, 0.1) is 17.1 Å². The summed E-state index contributed by atoms with van der Waals surface area (Å²) in [5, 5.41) is 3.82. The van der Waals surface area contributed by atoms with Gasteiger partial charge in [0.15, 0.2) is 17.4 Å². The fourth-order valence-corrected chi connectivity index (χ4v) is 4.06. The van der Waals surface area contributed by atoms with Crippen LogP contribution in [0.1, 0.15) is 11.5 Å². The number of hydrogen-bond donors (Lipinski definition) is 0. The van der Waals surface area contributed by atoms with E-state index in [1.165, 1.54) is 4.31 Å². The average molecular weight is 357 g/mol. The van der Waals surface area contributed by atoms with Crippen LogP contribution in [0, 0.1) is 18.6 Å². The molecule has 1 aliphatic heterocycles. The summed E-state index contributed by atoms with van der Waals surface area (Å²) in [5.74, 6) is -1.51. The van der Waals surface area contributed by atoms with Crippen molar-refractivity contribution in [2.24, 2.45) is 0 Å². The number of rotatable bonds is 4. The third-order valence-corrected chi connectivity index (χ3v) is 5.81. The minimum absolute atomic E-state index is 0.235. The van der Waals surface area contributed by atoms with E-state index in [2.05, 4.69) is 10.1 Å². The van der Waals surface area contributed by atoms with Crippen molar-refractivity contribution in [3.8, 4) is 0 Å². The Bertz CT molecular complexity index is 830. The van der Waals surface area contributed by atoms with Crippen LogP contribution in [0.2, 0.25) is 0 Å². The molecule has 1 saturated heterocycles. The van der Waals surface area contributed by atoms with Crippen LogP contribution in [0.3, 0.4) is 0 Å². The first-order chi connectivity index (χ1) is 11.4. The van der Waals surface area contributed by atoms with Gasteiger partial charge in [-0.2, -0.15) is 4.31 Å². The molecule has 0 bridgehead atoms. The second-order valence-electron chi connectivity index (χ2n) is 5.69. The van der Waals surface area contributed by atoms with Gasteiger partial charge in [-0.1, -0.05) is 5.16 Å². The Morgan fingerprint density at radius 2 is 1.83 bits per heavy atom. The molecule has 1 aromatic carbocycles. The Kier molecular flexibility index (Phi) is 4.66. The zero-order chi connectivity index (χ0) is 17.3. The summed E-state index contributed by atoms with van der Waals surface area (Å²) in [6, 6.07) is 4.46. The number of aryl methyl sites for hydroxylation is 1. The molecule has 0 amide bonds. The first kappa shape index (κ1) is 17.0. The van der Waals surface area contributed by atoms with E-state index in [1.54, 1.807) is 0 Å². The number of nitrogens with zero attached hydrogens (tertiary/aromatic N) is 3. The number of sulfonamides is 1. The molecule has 0 saturated carbocycles. The summed E-state index contributed by atoms with van der Waals surface area (Å²) < 4.78 is 57.7. The van der Waals surface area contributed by atoms with Gasteiger partial charge in [0.1, 0.15) is 0 Å². The fraction of sp³-hybridized carbons (Fsp3) is 0.400. The molecule has 0 atom stereocenters. The second kappa shape index (κ2) is 6.58. The summed E-state index contributed by atoms with van der Waals surface area (Å²) in [6.07, 6.45) is 0. The fourth-order valence-electron chi connectivity index (χ4n) is 2.63. The second-order valence-corrected chi connectivity index (χ2v) is 7.63. The van der Waals surface area contributed by atoms with Crippen LogP contribution in [0.5, 0.6) is 0 Å². The van der Waals surface area contributed by atoms with Crippen LogP contribution >= 0.6 is 0 Å². The molecule has 3 rings (SSSR count). The number of benzene rings is 1. The predicted octanol–water partition coefficient (Wildman–Crippen LogP) is 1.77. The lowest BCUT2D eigenvalue weighted by molar-refractivity contribution is 0.166. The summed E-state index contributed by atoms with van der Waals surface area (Å²) >= 11 is 0. The lowest BCUT2D eigenvalue weighted by Gasteiger charge is -2.33. The molecule has 0 radical (unpaired) electrons. The third kappa shape index (κ3) is 3.47. The van der Waals surface area contributed by atoms with Gasteiger partial charge in [0.2, 0.25) is 10.0 Å². The van der Waals surface area contributed by atoms with Gasteiger partial charge in [0.25, 0.3) is 0 Å². The number of hydrogen-bond acceptors (Lipinski definition) is 5. The Morgan fingerprint density at radius 1 is 1.12 bits per heavy atom. The maximum Gasteiger partial charge on any atom is 0.243 e. The van der Waals surface area contributed by atoms with Crippen LogP contribution in [0.15, 0.2) is 33.7 Å². The predicted molar refractivity (Wildman–Crippen MR) is 81.6 cm³/mol. The maximum atomic E-state index is 13.3. The van der Waals surface area contributed by atoms with Crippen molar-refractivity contribution < 1.29 is 21.7 Å². The Hall–Kier alpha value is -1.84. The summed E-state index contributed by atoms with van der Waals surface area (Å²) in [7, 11) is -3.83. The number of halogens is 2. The molecular weight excluding hydrogens is 340 g/mol. The average Bonchev–Trinajstić information content (AvgIpc) is 2.95. The summed E-state index contributed by atoms with van der Waals surface area (Å²) in [5.41, 5.74) is 0.796. The van der Waals surface area contributed by atoms with Gasteiger partial charge in [-0.15, -0.1) is 0 Å². The minimum atomic E-state index is -3.83. The molecule has 24 heavy (non-hydrogen) atoms. The van der Waals surface area contributed by atoms with Crippen molar-refractivity contribution in [2.45, 2.75) is 18.4 Å². The highest BCUT2D eigenvalue weighted by Gasteiger charge is 2.29. The lowest BCUT2D eigenvalue weighted by Crippen LogP contribution is -2.48. The molecular formula is C15H17F2N3O3S. The Labute approximate surface area is 138 Å². The van der Waals surface area contributed by atoms with Crippen molar-refractivity contribution in [3.63, 3.8) is 0 Å². The van der Waals surface area contributed by atoms with Crippen LogP contribution in [-0.4, -0.2) is 49.0 Å². The highest BCUT2D eigenvalue weighted by atomic mass is 32.2. The highest BCUT2D eigenvalue weighted by Crippen LogP contribution is 2.20. The third-order valence-electron chi connectivity index (χ3n) is 3.92. The summed E-state index contributed by atoms with van der Waals surface area (Å²) in [4.78, 5) is 1.82. The number of aromatic nitrogens is 1. The normalized spacial score (nSPS) is 17.3. The smallest absolute Gasteiger partial charge is 0.243 e.